The molecule has 4 aromatic rings. The molecule has 0 bridgehead atoms. The molecule has 0 aliphatic heterocycles. The summed E-state index contributed by atoms with van der Waals surface area (Å²) in [5.41, 5.74) is 1.88. The quantitative estimate of drug-likeness (QED) is 0.435. The first kappa shape index (κ1) is 20.9. The number of hydrogen-bond donors (Lipinski definition) is 2. The van der Waals surface area contributed by atoms with Crippen LogP contribution in [0.25, 0.3) is 10.8 Å². The van der Waals surface area contributed by atoms with Crippen LogP contribution in [0.4, 0.5) is 11.4 Å². The highest BCUT2D eigenvalue weighted by Crippen LogP contribution is 2.30. The summed E-state index contributed by atoms with van der Waals surface area (Å²) in [6, 6.07) is 25.2. The van der Waals surface area contributed by atoms with Crippen LogP contribution in [0, 0.1) is 0 Å². The maximum atomic E-state index is 12.9. The van der Waals surface area contributed by atoms with Crippen molar-refractivity contribution < 1.29 is 19.1 Å². The minimum absolute atomic E-state index is 0.309. The number of ether oxygens (including phenoxy) is 2. The number of nitrogens with one attached hydrogen (secondary N) is 2. The Hall–Kier alpha value is -4.32. The maximum absolute atomic E-state index is 12.9. The molecular formula is C26H22N2O4. The molecule has 0 unspecified atom stereocenters. The van der Waals surface area contributed by atoms with Crippen molar-refractivity contribution in [1.29, 1.82) is 0 Å². The van der Waals surface area contributed by atoms with E-state index in [0.717, 1.165) is 10.8 Å². The largest absolute Gasteiger partial charge is 0.497 e. The lowest BCUT2D eigenvalue weighted by molar-refractivity contribution is 0.101. The Labute approximate surface area is 185 Å². The standard InChI is InChI=1S/C26H22N2O4/c1-31-21-11-5-9-19(13-21)25(29)27-23-15-17-7-3-4-8-18(17)16-24(23)28-26(30)20-10-6-12-22(14-20)32-2/h3-16H,1-2H3,(H,27,29)(H,28,30). The molecule has 0 aliphatic carbocycles. The average Bonchev–Trinajstić information content (AvgIpc) is 2.84. The van der Waals surface area contributed by atoms with Crippen molar-refractivity contribution in [2.45, 2.75) is 0 Å². The van der Waals surface area contributed by atoms with Crippen LogP contribution in [0.3, 0.4) is 0 Å². The summed E-state index contributed by atoms with van der Waals surface area (Å²) in [5.74, 6) is 0.553. The lowest BCUT2D eigenvalue weighted by Gasteiger charge is -2.15. The third kappa shape index (κ3) is 4.54. The molecule has 2 amide bonds. The summed E-state index contributed by atoms with van der Waals surface area (Å²) < 4.78 is 10.4. The number of carbonyl (C=O) groups excluding carboxylic acids is 2. The number of methoxy groups -OCH3 is 2. The van der Waals surface area contributed by atoms with Crippen molar-refractivity contribution in [3.8, 4) is 11.5 Å². The van der Waals surface area contributed by atoms with Gasteiger partial charge in [-0.15, -0.1) is 0 Å². The van der Waals surface area contributed by atoms with Crippen LogP contribution in [0.15, 0.2) is 84.9 Å². The van der Waals surface area contributed by atoms with E-state index in [9.17, 15) is 9.59 Å². The van der Waals surface area contributed by atoms with Gasteiger partial charge in [-0.25, -0.2) is 0 Å². The lowest BCUT2D eigenvalue weighted by atomic mass is 10.1. The highest BCUT2D eigenvalue weighted by molar-refractivity contribution is 6.12. The van der Waals surface area contributed by atoms with Gasteiger partial charge in [0.2, 0.25) is 0 Å². The van der Waals surface area contributed by atoms with Gasteiger partial charge in [0.15, 0.2) is 0 Å². The molecule has 0 saturated heterocycles. The fraction of sp³-hybridized carbons (Fsp3) is 0.0769. The van der Waals surface area contributed by atoms with E-state index in [0.29, 0.717) is 34.0 Å². The van der Waals surface area contributed by atoms with E-state index < -0.39 is 0 Å². The van der Waals surface area contributed by atoms with Gasteiger partial charge in [0, 0.05) is 11.1 Å². The van der Waals surface area contributed by atoms with E-state index in [1.807, 2.05) is 36.4 Å². The first-order chi connectivity index (χ1) is 15.6. The number of carbonyl (C=O) groups is 2. The molecule has 2 N–H and O–H groups in total. The van der Waals surface area contributed by atoms with Crippen molar-refractivity contribution >= 4 is 34.0 Å². The Morgan fingerprint density at radius 3 is 1.44 bits per heavy atom. The fourth-order valence-electron chi connectivity index (χ4n) is 3.36. The molecule has 4 rings (SSSR count). The van der Waals surface area contributed by atoms with Gasteiger partial charge in [0.25, 0.3) is 11.8 Å². The number of amides is 2. The number of benzene rings is 4. The Balaban J connectivity index is 1.68. The average molecular weight is 426 g/mol. The zero-order valence-electron chi connectivity index (χ0n) is 17.7. The minimum Gasteiger partial charge on any atom is -0.497 e. The molecule has 0 heterocycles. The third-order valence-corrected chi connectivity index (χ3v) is 5.05. The zero-order valence-corrected chi connectivity index (χ0v) is 17.7. The van der Waals surface area contributed by atoms with Crippen LogP contribution in [-0.2, 0) is 0 Å². The molecule has 0 radical (unpaired) electrons. The molecule has 6 heteroatoms. The van der Waals surface area contributed by atoms with Gasteiger partial charge < -0.3 is 20.1 Å². The predicted octanol–water partition coefficient (Wildman–Crippen LogP) is 5.36. The van der Waals surface area contributed by atoms with E-state index in [2.05, 4.69) is 10.6 Å². The number of hydrogen-bond acceptors (Lipinski definition) is 4. The van der Waals surface area contributed by atoms with E-state index in [1.54, 1.807) is 62.8 Å². The van der Waals surface area contributed by atoms with E-state index >= 15 is 0 Å². The SMILES string of the molecule is COc1cccc(C(=O)Nc2cc3ccccc3cc2NC(=O)c2cccc(OC)c2)c1. The highest BCUT2D eigenvalue weighted by atomic mass is 16.5. The van der Waals surface area contributed by atoms with Crippen LogP contribution in [0.2, 0.25) is 0 Å². The Bertz CT molecular complexity index is 1200. The highest BCUT2D eigenvalue weighted by Gasteiger charge is 2.15. The molecule has 6 nitrogen and oxygen atoms in total. The molecule has 0 atom stereocenters. The molecule has 4 aromatic carbocycles. The van der Waals surface area contributed by atoms with Crippen LogP contribution in [0.1, 0.15) is 20.7 Å². The van der Waals surface area contributed by atoms with Crippen LogP contribution < -0.4 is 20.1 Å². The lowest BCUT2D eigenvalue weighted by Crippen LogP contribution is -2.17. The second kappa shape index (κ2) is 9.22. The third-order valence-electron chi connectivity index (χ3n) is 5.05. The second-order valence-corrected chi connectivity index (χ2v) is 7.12. The summed E-state index contributed by atoms with van der Waals surface area (Å²) in [6.07, 6.45) is 0. The fourth-order valence-corrected chi connectivity index (χ4v) is 3.36. The van der Waals surface area contributed by atoms with Crippen molar-refractivity contribution in [2.75, 3.05) is 24.9 Å². The summed E-state index contributed by atoms with van der Waals surface area (Å²) in [4.78, 5) is 25.8. The molecule has 0 saturated carbocycles. The second-order valence-electron chi connectivity index (χ2n) is 7.12. The van der Waals surface area contributed by atoms with Crippen LogP contribution in [0.5, 0.6) is 11.5 Å². The van der Waals surface area contributed by atoms with Crippen molar-refractivity contribution in [3.63, 3.8) is 0 Å². The maximum Gasteiger partial charge on any atom is 0.255 e. The molecular weight excluding hydrogens is 404 g/mol. The molecule has 0 aromatic heterocycles. The topological polar surface area (TPSA) is 76.7 Å². The molecule has 0 spiro atoms. The van der Waals surface area contributed by atoms with E-state index in [-0.39, 0.29) is 11.8 Å². The van der Waals surface area contributed by atoms with Crippen molar-refractivity contribution in [1.82, 2.24) is 0 Å². The Morgan fingerprint density at radius 1 is 0.594 bits per heavy atom. The first-order valence-electron chi connectivity index (χ1n) is 10.0. The number of rotatable bonds is 6. The summed E-state index contributed by atoms with van der Waals surface area (Å²) in [6.45, 7) is 0. The van der Waals surface area contributed by atoms with Gasteiger partial charge in [-0.05, 0) is 59.3 Å². The van der Waals surface area contributed by atoms with Crippen LogP contribution in [-0.4, -0.2) is 26.0 Å². The zero-order chi connectivity index (χ0) is 22.5. The summed E-state index contributed by atoms with van der Waals surface area (Å²) in [7, 11) is 3.10. The summed E-state index contributed by atoms with van der Waals surface area (Å²) >= 11 is 0. The predicted molar refractivity (Wildman–Crippen MR) is 126 cm³/mol. The summed E-state index contributed by atoms with van der Waals surface area (Å²) in [5, 5.41) is 7.71. The number of anilines is 2. The smallest absolute Gasteiger partial charge is 0.255 e. The monoisotopic (exact) mass is 426 g/mol. The van der Waals surface area contributed by atoms with Crippen molar-refractivity contribution in [2.24, 2.45) is 0 Å². The van der Waals surface area contributed by atoms with E-state index in [1.165, 1.54) is 0 Å². The van der Waals surface area contributed by atoms with Crippen molar-refractivity contribution in [3.05, 3.63) is 96.1 Å². The van der Waals surface area contributed by atoms with Gasteiger partial charge in [0.1, 0.15) is 11.5 Å². The molecule has 160 valence electrons. The molecule has 32 heavy (non-hydrogen) atoms. The van der Waals surface area contributed by atoms with Gasteiger partial charge in [-0.1, -0.05) is 36.4 Å². The van der Waals surface area contributed by atoms with Crippen LogP contribution >= 0.6 is 0 Å². The van der Waals surface area contributed by atoms with Gasteiger partial charge >= 0.3 is 0 Å². The molecule has 0 fully saturated rings. The van der Waals surface area contributed by atoms with Gasteiger partial charge in [0.05, 0.1) is 25.6 Å². The normalized spacial score (nSPS) is 10.4. The first-order valence-corrected chi connectivity index (χ1v) is 10.0. The van der Waals surface area contributed by atoms with Gasteiger partial charge in [-0.2, -0.15) is 0 Å². The molecule has 0 aliphatic rings. The Morgan fingerprint density at radius 2 is 1.03 bits per heavy atom. The minimum atomic E-state index is -0.309. The van der Waals surface area contributed by atoms with Gasteiger partial charge in [-0.3, -0.25) is 9.59 Å². The Kier molecular flexibility index (Phi) is 6.03. The van der Waals surface area contributed by atoms with E-state index in [4.69, 9.17) is 9.47 Å². The number of fused-ring (bicyclic) bond motifs is 1.